The fraction of sp³-hybridized carbons (Fsp3) is 0.500. The van der Waals surface area contributed by atoms with Crippen LogP contribution in [0.5, 0.6) is 0 Å². The van der Waals surface area contributed by atoms with E-state index < -0.39 is 69.2 Å². The van der Waals surface area contributed by atoms with Gasteiger partial charge in [0.05, 0.1) is 16.5 Å². The zero-order chi connectivity index (χ0) is 25.8. The predicted molar refractivity (Wildman–Crippen MR) is 110 cm³/mol. The second-order valence-electron chi connectivity index (χ2n) is 8.63. The van der Waals surface area contributed by atoms with Crippen LogP contribution in [0.1, 0.15) is 69.1 Å². The number of alkyl halides is 6. The summed E-state index contributed by atoms with van der Waals surface area (Å²) in [6.07, 6.45) is -9.80. The summed E-state index contributed by atoms with van der Waals surface area (Å²) in [5.41, 5.74) is -5.38. The average Bonchev–Trinajstić information content (AvgIpc) is 3.54. The maximum Gasteiger partial charge on any atom is 0.416 e. The molecule has 1 aromatic carbocycles. The molecule has 2 aliphatic rings. The lowest BCUT2D eigenvalue weighted by molar-refractivity contribution is -0.143. The summed E-state index contributed by atoms with van der Waals surface area (Å²) < 4.78 is 79.6. The summed E-state index contributed by atoms with van der Waals surface area (Å²) in [4.78, 5) is 26.5. The van der Waals surface area contributed by atoms with Gasteiger partial charge in [0.1, 0.15) is 17.1 Å². The largest absolute Gasteiger partial charge is 0.511 e. The molecule has 3 rings (SSSR count). The first-order valence-electron chi connectivity index (χ1n) is 10.9. The molecule has 0 amide bonds. The van der Waals surface area contributed by atoms with E-state index in [0.29, 0.717) is 12.1 Å². The predicted octanol–water partition coefficient (Wildman–Crippen LogP) is 6.82. The van der Waals surface area contributed by atoms with E-state index in [1.54, 1.807) is 20.8 Å². The van der Waals surface area contributed by atoms with Crippen molar-refractivity contribution in [2.75, 3.05) is 0 Å². The van der Waals surface area contributed by atoms with Crippen LogP contribution in [0.15, 0.2) is 40.9 Å². The number of rotatable bonds is 6. The second kappa shape index (κ2) is 8.46. The van der Waals surface area contributed by atoms with Crippen LogP contribution in [0.3, 0.4) is 0 Å². The number of hydrogen-bond acceptors (Lipinski definition) is 4. The minimum absolute atomic E-state index is 0.0207. The van der Waals surface area contributed by atoms with Crippen LogP contribution < -0.4 is 0 Å². The molecule has 0 aliphatic heterocycles. The highest BCUT2D eigenvalue weighted by molar-refractivity contribution is 6.25. The van der Waals surface area contributed by atoms with Crippen molar-refractivity contribution in [3.8, 4) is 0 Å². The lowest BCUT2D eigenvalue weighted by Gasteiger charge is -2.35. The summed E-state index contributed by atoms with van der Waals surface area (Å²) in [7, 11) is 0. The average molecular weight is 490 g/mol. The van der Waals surface area contributed by atoms with Crippen LogP contribution >= 0.6 is 0 Å². The van der Waals surface area contributed by atoms with E-state index in [9.17, 15) is 46.1 Å². The summed E-state index contributed by atoms with van der Waals surface area (Å²) >= 11 is 0. The standard InChI is InChI=1S/C24H24F6O4/c1-4-12-18(31)17(21(34)22(5-2,6-3)20(12)33)19(32)15-10-14(15)13-8-7-11(23(25,26)27)9-16(13)24(28,29)30/h7-9,14-15,31,33H,4-6,10H2,1-3H3. The zero-order valence-corrected chi connectivity index (χ0v) is 18.7. The molecule has 2 N–H and O–H groups in total. The van der Waals surface area contributed by atoms with Crippen LogP contribution in [0.25, 0.3) is 0 Å². The fourth-order valence-corrected chi connectivity index (χ4v) is 4.79. The van der Waals surface area contributed by atoms with Crippen molar-refractivity contribution in [3.63, 3.8) is 0 Å². The molecule has 2 atom stereocenters. The van der Waals surface area contributed by atoms with Crippen molar-refractivity contribution in [1.29, 1.82) is 0 Å². The minimum atomic E-state index is -5.08. The van der Waals surface area contributed by atoms with Gasteiger partial charge >= 0.3 is 12.4 Å². The van der Waals surface area contributed by atoms with Crippen molar-refractivity contribution in [1.82, 2.24) is 0 Å². The van der Waals surface area contributed by atoms with Gasteiger partial charge < -0.3 is 10.2 Å². The molecule has 2 unspecified atom stereocenters. The van der Waals surface area contributed by atoms with E-state index in [2.05, 4.69) is 0 Å². The molecule has 0 saturated heterocycles. The summed E-state index contributed by atoms with van der Waals surface area (Å²) in [5, 5.41) is 21.3. The first-order chi connectivity index (χ1) is 15.7. The third-order valence-corrected chi connectivity index (χ3v) is 6.94. The van der Waals surface area contributed by atoms with Gasteiger partial charge in [-0.05, 0) is 49.3 Å². The van der Waals surface area contributed by atoms with Gasteiger partial charge in [0.25, 0.3) is 0 Å². The summed E-state index contributed by atoms with van der Waals surface area (Å²) in [6, 6.07) is 1.26. The number of benzene rings is 1. The number of aliphatic hydroxyl groups excluding tert-OH is 2. The molecule has 4 nitrogen and oxygen atoms in total. The molecule has 0 heterocycles. The molecule has 0 spiro atoms. The van der Waals surface area contributed by atoms with Gasteiger partial charge in [0.2, 0.25) is 0 Å². The van der Waals surface area contributed by atoms with E-state index in [0.717, 1.165) is 0 Å². The molecule has 34 heavy (non-hydrogen) atoms. The van der Waals surface area contributed by atoms with Crippen LogP contribution in [0, 0.1) is 11.3 Å². The minimum Gasteiger partial charge on any atom is -0.511 e. The fourth-order valence-electron chi connectivity index (χ4n) is 4.79. The van der Waals surface area contributed by atoms with Crippen molar-refractivity contribution in [3.05, 3.63) is 57.6 Å². The molecule has 1 fully saturated rings. The van der Waals surface area contributed by atoms with Gasteiger partial charge in [-0.3, -0.25) is 9.59 Å². The SMILES string of the molecule is CCC1=C(O)C(CC)(CC)C(=O)C(C(=O)C2CC2c2ccc(C(F)(F)F)cc2C(F)(F)F)=C1O. The highest BCUT2D eigenvalue weighted by Gasteiger charge is 2.55. The Morgan fingerprint density at radius 1 is 1.03 bits per heavy atom. The van der Waals surface area contributed by atoms with E-state index in [-0.39, 0.29) is 43.1 Å². The molecule has 0 aromatic heterocycles. The van der Waals surface area contributed by atoms with Crippen molar-refractivity contribution >= 4 is 11.6 Å². The second-order valence-corrected chi connectivity index (χ2v) is 8.63. The number of aliphatic hydroxyl groups is 2. The lowest BCUT2D eigenvalue weighted by atomic mass is 9.67. The number of Topliss-reactive ketones (excluding diaryl/α,β-unsaturated/α-hetero) is 2. The number of carbonyl (C=O) groups excluding carboxylic acids is 2. The van der Waals surface area contributed by atoms with E-state index in [1.807, 2.05) is 0 Å². The van der Waals surface area contributed by atoms with Crippen molar-refractivity contribution in [2.45, 2.75) is 64.7 Å². The van der Waals surface area contributed by atoms with Crippen molar-refractivity contribution < 1.29 is 46.1 Å². The summed E-state index contributed by atoms with van der Waals surface area (Å²) in [5.74, 6) is -4.85. The molecule has 0 radical (unpaired) electrons. The Morgan fingerprint density at radius 3 is 2.09 bits per heavy atom. The van der Waals surface area contributed by atoms with E-state index in [4.69, 9.17) is 0 Å². The topological polar surface area (TPSA) is 74.6 Å². The maximum absolute atomic E-state index is 13.6. The highest BCUT2D eigenvalue weighted by Crippen LogP contribution is 2.55. The smallest absolute Gasteiger partial charge is 0.416 e. The molecule has 10 heteroatoms. The van der Waals surface area contributed by atoms with Crippen LogP contribution in [0.4, 0.5) is 26.3 Å². The van der Waals surface area contributed by atoms with Crippen molar-refractivity contribution in [2.24, 2.45) is 11.3 Å². The van der Waals surface area contributed by atoms with Crippen LogP contribution in [0.2, 0.25) is 0 Å². The Morgan fingerprint density at radius 2 is 1.62 bits per heavy atom. The molecule has 1 aromatic rings. The maximum atomic E-state index is 13.6. The molecular weight excluding hydrogens is 466 g/mol. The highest BCUT2D eigenvalue weighted by atomic mass is 19.4. The number of ketones is 2. The Kier molecular flexibility index (Phi) is 6.43. The Hall–Kier alpha value is -2.78. The normalized spacial score (nSPS) is 22.9. The monoisotopic (exact) mass is 490 g/mol. The molecule has 0 bridgehead atoms. The molecule has 186 valence electrons. The molecule has 1 saturated carbocycles. The first kappa shape index (κ1) is 25.8. The van der Waals surface area contributed by atoms with E-state index >= 15 is 0 Å². The lowest BCUT2D eigenvalue weighted by Crippen LogP contribution is -2.40. The molecular formula is C24H24F6O4. The van der Waals surface area contributed by atoms with Gasteiger partial charge in [-0.25, -0.2) is 0 Å². The number of carbonyl (C=O) groups is 2. The third kappa shape index (κ3) is 4.01. The van der Waals surface area contributed by atoms with Gasteiger partial charge in [-0.1, -0.05) is 26.8 Å². The van der Waals surface area contributed by atoms with Gasteiger partial charge in [-0.15, -0.1) is 0 Å². The summed E-state index contributed by atoms with van der Waals surface area (Å²) in [6.45, 7) is 4.87. The quantitative estimate of drug-likeness (QED) is 0.339. The van der Waals surface area contributed by atoms with Gasteiger partial charge in [0.15, 0.2) is 11.6 Å². The zero-order valence-electron chi connectivity index (χ0n) is 18.7. The van der Waals surface area contributed by atoms with Gasteiger partial charge in [-0.2, -0.15) is 26.3 Å². The van der Waals surface area contributed by atoms with Crippen LogP contribution in [-0.4, -0.2) is 21.8 Å². The Balaban J connectivity index is 2.03. The first-order valence-corrected chi connectivity index (χ1v) is 10.9. The number of allylic oxidation sites excluding steroid dienone is 3. The van der Waals surface area contributed by atoms with Gasteiger partial charge in [0, 0.05) is 11.5 Å². The van der Waals surface area contributed by atoms with Crippen LogP contribution in [-0.2, 0) is 21.9 Å². The van der Waals surface area contributed by atoms with E-state index in [1.165, 1.54) is 0 Å². The number of halogens is 6. The Labute approximate surface area is 192 Å². The third-order valence-electron chi connectivity index (χ3n) is 6.94. The Bertz CT molecular complexity index is 1090. The number of hydrogen-bond donors (Lipinski definition) is 2. The molecule has 2 aliphatic carbocycles.